The van der Waals surface area contributed by atoms with Crippen LogP contribution in [0, 0.1) is 34.6 Å². The minimum atomic E-state index is -0.673. The van der Waals surface area contributed by atoms with E-state index in [4.69, 9.17) is 9.26 Å². The van der Waals surface area contributed by atoms with E-state index in [0.29, 0.717) is 28.7 Å². The molecule has 0 aliphatic carbocycles. The summed E-state index contributed by atoms with van der Waals surface area (Å²) < 4.78 is 12.5. The van der Waals surface area contributed by atoms with Crippen molar-refractivity contribution in [2.75, 3.05) is 10.7 Å². The molecule has 0 spiro atoms. The summed E-state index contributed by atoms with van der Waals surface area (Å²) in [6, 6.07) is 2.97. The van der Waals surface area contributed by atoms with Crippen molar-refractivity contribution in [3.63, 3.8) is 0 Å². The molecule has 3 aromatic heterocycles. The molecule has 210 valence electrons. The summed E-state index contributed by atoms with van der Waals surface area (Å²) in [7, 11) is 0. The van der Waals surface area contributed by atoms with Crippen LogP contribution in [0.2, 0.25) is 0 Å². The summed E-state index contributed by atoms with van der Waals surface area (Å²) in [5.41, 5.74) is 4.87. The maximum atomic E-state index is 13.1. The van der Waals surface area contributed by atoms with Crippen molar-refractivity contribution in [1.82, 2.24) is 24.7 Å². The zero-order valence-corrected chi connectivity index (χ0v) is 23.5. The number of carbonyl (C=O) groups is 2. The van der Waals surface area contributed by atoms with Gasteiger partial charge in [-0.15, -0.1) is 0 Å². The monoisotopic (exact) mass is 541 g/mol. The molecule has 0 unspecified atom stereocenters. The van der Waals surface area contributed by atoms with Crippen molar-refractivity contribution >= 4 is 17.8 Å². The zero-order chi connectivity index (χ0) is 29.1. The molecule has 0 aromatic carbocycles. The van der Waals surface area contributed by atoms with Gasteiger partial charge >= 0.3 is 11.8 Å². The van der Waals surface area contributed by atoms with E-state index in [1.54, 1.807) is 54.5 Å². The van der Waals surface area contributed by atoms with Crippen LogP contribution in [0.15, 0.2) is 26.2 Å². The van der Waals surface area contributed by atoms with E-state index >= 15 is 0 Å². The Bertz CT molecular complexity index is 1470. The molecule has 2 amide bonds. The lowest BCUT2D eigenvalue weighted by atomic mass is 10.1. The Morgan fingerprint density at radius 3 is 2.28 bits per heavy atom. The molecule has 0 saturated carbocycles. The summed E-state index contributed by atoms with van der Waals surface area (Å²) >= 11 is 0. The molecule has 0 radical (unpaired) electrons. The fourth-order valence-corrected chi connectivity index (χ4v) is 3.92. The van der Waals surface area contributed by atoms with Crippen LogP contribution in [0.4, 0.5) is 10.6 Å². The fourth-order valence-electron chi connectivity index (χ4n) is 3.92. The second-order valence-electron chi connectivity index (χ2n) is 10.3. The number of rotatable bonds is 8. The highest BCUT2D eigenvalue weighted by Crippen LogP contribution is 2.18. The second kappa shape index (κ2) is 11.5. The zero-order valence-electron chi connectivity index (χ0n) is 23.5. The number of pyridine rings is 1. The normalized spacial score (nSPS) is 11.3. The van der Waals surface area contributed by atoms with Crippen molar-refractivity contribution in [2.24, 2.45) is 0 Å². The third-order valence-corrected chi connectivity index (χ3v) is 5.94. The SMILES string of the molecule is Cc1cc(NC(=O)OC(C)(C)C)nc(C)c1CNC(=O)Cn1c(C)cc(=O)n(NCc2c(C)noc2C)c1=O. The Balaban J connectivity index is 1.69. The van der Waals surface area contributed by atoms with Gasteiger partial charge < -0.3 is 20.0 Å². The van der Waals surface area contributed by atoms with Crippen LogP contribution in [-0.2, 0) is 29.2 Å². The summed E-state index contributed by atoms with van der Waals surface area (Å²) in [5.74, 6) is 0.488. The molecule has 0 bridgehead atoms. The molecule has 13 nitrogen and oxygen atoms in total. The van der Waals surface area contributed by atoms with Gasteiger partial charge in [-0.1, -0.05) is 5.16 Å². The van der Waals surface area contributed by atoms with Crippen molar-refractivity contribution in [1.29, 1.82) is 0 Å². The fraction of sp³-hybridized carbons (Fsp3) is 0.462. The predicted octanol–water partition coefficient (Wildman–Crippen LogP) is 2.34. The molecular weight excluding hydrogens is 506 g/mol. The van der Waals surface area contributed by atoms with Gasteiger partial charge in [0.05, 0.1) is 12.2 Å². The Labute approximate surface area is 225 Å². The molecule has 0 saturated heterocycles. The van der Waals surface area contributed by atoms with Crippen LogP contribution in [0.1, 0.15) is 60.3 Å². The summed E-state index contributed by atoms with van der Waals surface area (Å²) in [4.78, 5) is 54.8. The van der Waals surface area contributed by atoms with Crippen LogP contribution in [0.5, 0.6) is 0 Å². The number of nitrogens with one attached hydrogen (secondary N) is 3. The number of amides is 2. The van der Waals surface area contributed by atoms with Crippen molar-refractivity contribution in [2.45, 2.75) is 80.6 Å². The maximum absolute atomic E-state index is 13.1. The van der Waals surface area contributed by atoms with Crippen molar-refractivity contribution < 1.29 is 18.8 Å². The molecule has 13 heteroatoms. The molecule has 3 rings (SSSR count). The lowest BCUT2D eigenvalue weighted by Gasteiger charge is -2.20. The number of aromatic nitrogens is 4. The van der Waals surface area contributed by atoms with Gasteiger partial charge in [-0.25, -0.2) is 14.6 Å². The molecule has 3 aromatic rings. The first-order chi connectivity index (χ1) is 18.2. The predicted molar refractivity (Wildman–Crippen MR) is 144 cm³/mol. The van der Waals surface area contributed by atoms with Crippen LogP contribution < -0.4 is 27.3 Å². The van der Waals surface area contributed by atoms with Gasteiger partial charge in [0.1, 0.15) is 23.7 Å². The van der Waals surface area contributed by atoms with Crippen molar-refractivity contribution in [3.8, 4) is 0 Å². The molecule has 0 aliphatic heterocycles. The van der Waals surface area contributed by atoms with E-state index in [1.165, 1.54) is 10.6 Å². The molecule has 3 N–H and O–H groups in total. The molecule has 0 aliphatic rings. The van der Waals surface area contributed by atoms with E-state index < -0.39 is 28.9 Å². The van der Waals surface area contributed by atoms with Crippen molar-refractivity contribution in [3.05, 3.63) is 72.5 Å². The Morgan fingerprint density at radius 2 is 1.69 bits per heavy atom. The maximum Gasteiger partial charge on any atom is 0.413 e. The number of anilines is 1. The van der Waals surface area contributed by atoms with Gasteiger partial charge in [0.2, 0.25) is 5.91 Å². The smallest absolute Gasteiger partial charge is 0.413 e. The third-order valence-electron chi connectivity index (χ3n) is 5.94. The van der Waals surface area contributed by atoms with Crippen LogP contribution in [0.25, 0.3) is 0 Å². The first-order valence-corrected chi connectivity index (χ1v) is 12.4. The first kappa shape index (κ1) is 29.1. The highest BCUT2D eigenvalue weighted by atomic mass is 16.6. The number of nitrogens with zero attached hydrogens (tertiary/aromatic N) is 4. The average molecular weight is 542 g/mol. The Morgan fingerprint density at radius 1 is 1.00 bits per heavy atom. The highest BCUT2D eigenvalue weighted by molar-refractivity contribution is 5.83. The number of hydrogen-bond acceptors (Lipinski definition) is 9. The molecule has 0 fully saturated rings. The standard InChI is InChI=1S/C26H35N7O6/c1-14-9-21(30-24(36)38-26(6,7)8)29-16(3)19(14)11-27-22(34)13-32-15(2)10-23(35)33(25(32)37)28-12-20-17(4)31-39-18(20)5/h9-10,28H,11-13H2,1-8H3,(H,27,34)(H,29,30,36). The molecule has 39 heavy (non-hydrogen) atoms. The molecule has 0 atom stereocenters. The number of ether oxygens (including phenoxy) is 1. The highest BCUT2D eigenvalue weighted by Gasteiger charge is 2.18. The van der Waals surface area contributed by atoms with Gasteiger partial charge in [-0.2, -0.15) is 4.68 Å². The summed E-state index contributed by atoms with van der Waals surface area (Å²) in [5, 5.41) is 9.28. The van der Waals surface area contributed by atoms with E-state index in [2.05, 4.69) is 26.2 Å². The van der Waals surface area contributed by atoms with Crippen LogP contribution in [-0.4, -0.2) is 37.0 Å². The second-order valence-corrected chi connectivity index (χ2v) is 10.3. The topological polar surface area (TPSA) is 162 Å². The van der Waals surface area contributed by atoms with Gasteiger partial charge in [-0.05, 0) is 72.6 Å². The van der Waals surface area contributed by atoms with Gasteiger partial charge in [0.25, 0.3) is 5.56 Å². The summed E-state index contributed by atoms with van der Waals surface area (Å²) in [6.45, 7) is 14.0. The number of hydrogen-bond donors (Lipinski definition) is 3. The first-order valence-electron chi connectivity index (χ1n) is 12.4. The van der Waals surface area contributed by atoms with Gasteiger partial charge in [0, 0.05) is 29.6 Å². The van der Waals surface area contributed by atoms with E-state index in [1.807, 2.05) is 6.92 Å². The summed E-state index contributed by atoms with van der Waals surface area (Å²) in [6.07, 6.45) is -0.613. The van der Waals surface area contributed by atoms with Gasteiger partial charge in [0.15, 0.2) is 0 Å². The molecular formula is C26H35N7O6. The van der Waals surface area contributed by atoms with E-state index in [9.17, 15) is 19.2 Å². The minimum Gasteiger partial charge on any atom is -0.444 e. The Kier molecular flexibility index (Phi) is 8.62. The largest absolute Gasteiger partial charge is 0.444 e. The lowest BCUT2D eigenvalue weighted by Crippen LogP contribution is -2.46. The van der Waals surface area contributed by atoms with Crippen LogP contribution in [0.3, 0.4) is 0 Å². The lowest BCUT2D eigenvalue weighted by molar-refractivity contribution is -0.121. The third kappa shape index (κ3) is 7.33. The van der Waals surface area contributed by atoms with Gasteiger partial charge in [-0.3, -0.25) is 19.5 Å². The number of carbonyl (C=O) groups excluding carboxylic acids is 2. The Hall–Kier alpha value is -4.42. The molecule has 3 heterocycles. The van der Waals surface area contributed by atoms with Crippen LogP contribution >= 0.6 is 0 Å². The number of aryl methyl sites for hydroxylation is 5. The quantitative estimate of drug-likeness (QED) is 0.388. The van der Waals surface area contributed by atoms with E-state index in [-0.39, 0.29) is 19.6 Å². The van der Waals surface area contributed by atoms with E-state index in [0.717, 1.165) is 21.4 Å². The average Bonchev–Trinajstić information content (AvgIpc) is 3.11. The minimum absolute atomic E-state index is 0.149.